The summed E-state index contributed by atoms with van der Waals surface area (Å²) in [7, 11) is 0. The van der Waals surface area contributed by atoms with Gasteiger partial charge < -0.3 is 15.1 Å². The molecule has 5 aromatic rings. The summed E-state index contributed by atoms with van der Waals surface area (Å²) in [6.45, 7) is 5.13. The normalized spacial score (nSPS) is 14.4. The highest BCUT2D eigenvalue weighted by Crippen LogP contribution is 2.33. The predicted molar refractivity (Wildman–Crippen MR) is 139 cm³/mol. The molecule has 2 N–H and O–H groups in total. The summed E-state index contributed by atoms with van der Waals surface area (Å²) in [4.78, 5) is 20.0. The van der Waals surface area contributed by atoms with Crippen LogP contribution in [0, 0.1) is 0 Å². The van der Waals surface area contributed by atoms with Crippen molar-refractivity contribution < 1.29 is 9.21 Å². The van der Waals surface area contributed by atoms with Crippen LogP contribution in [0.1, 0.15) is 16.1 Å². The molecular formula is C29H26N4O2. The zero-order valence-electron chi connectivity index (χ0n) is 19.3. The summed E-state index contributed by atoms with van der Waals surface area (Å²) in [6, 6.07) is 27.6. The maximum Gasteiger partial charge on any atom is 0.274 e. The number of hydrogen-bond acceptors (Lipinski definition) is 5. The molecule has 1 amide bonds. The van der Waals surface area contributed by atoms with Crippen molar-refractivity contribution in [2.75, 3.05) is 31.5 Å². The van der Waals surface area contributed by atoms with Crippen molar-refractivity contribution in [3.05, 3.63) is 96.2 Å². The third-order valence-corrected chi connectivity index (χ3v) is 6.47. The smallest absolute Gasteiger partial charge is 0.274 e. The molecule has 3 heterocycles. The number of fused-ring (bicyclic) bond motifs is 2. The Bertz CT molecular complexity index is 1520. The van der Waals surface area contributed by atoms with Crippen molar-refractivity contribution >= 4 is 33.5 Å². The molecule has 0 aliphatic carbocycles. The second-order valence-corrected chi connectivity index (χ2v) is 8.90. The van der Waals surface area contributed by atoms with Crippen molar-refractivity contribution in [2.45, 2.75) is 6.54 Å². The van der Waals surface area contributed by atoms with Crippen molar-refractivity contribution in [2.24, 2.45) is 0 Å². The topological polar surface area (TPSA) is 70.4 Å². The molecular weight excluding hydrogens is 436 g/mol. The van der Waals surface area contributed by atoms with E-state index < -0.39 is 0 Å². The van der Waals surface area contributed by atoms with Gasteiger partial charge in [0.15, 0.2) is 0 Å². The molecule has 0 bridgehead atoms. The van der Waals surface area contributed by atoms with Gasteiger partial charge in [0.1, 0.15) is 17.0 Å². The summed E-state index contributed by atoms with van der Waals surface area (Å²) in [5.74, 6) is 0.472. The summed E-state index contributed by atoms with van der Waals surface area (Å²) in [5.41, 5.74) is 4.80. The predicted octanol–water partition coefficient (Wildman–Crippen LogP) is 5.31. The molecule has 0 atom stereocenters. The number of carbonyl (C=O) groups excluding carboxylic acids is 1. The van der Waals surface area contributed by atoms with Gasteiger partial charge in [0.25, 0.3) is 5.91 Å². The minimum atomic E-state index is -0.252. The number of pyridine rings is 1. The number of rotatable bonds is 5. The average Bonchev–Trinajstić information content (AvgIpc) is 3.32. The maximum atomic E-state index is 13.0. The van der Waals surface area contributed by atoms with Crippen LogP contribution in [0.2, 0.25) is 0 Å². The first-order valence-electron chi connectivity index (χ1n) is 11.9. The van der Waals surface area contributed by atoms with Gasteiger partial charge in [-0.15, -0.1) is 0 Å². The highest BCUT2D eigenvalue weighted by molar-refractivity contribution is 6.06. The number of piperazine rings is 1. The van der Waals surface area contributed by atoms with Gasteiger partial charge in [-0.05, 0) is 48.0 Å². The van der Waals surface area contributed by atoms with Gasteiger partial charge in [-0.25, -0.2) is 4.98 Å². The highest BCUT2D eigenvalue weighted by atomic mass is 16.3. The highest BCUT2D eigenvalue weighted by Gasteiger charge is 2.16. The molecule has 174 valence electrons. The van der Waals surface area contributed by atoms with Crippen LogP contribution in [0.25, 0.3) is 33.2 Å². The summed E-state index contributed by atoms with van der Waals surface area (Å²) in [5, 5.41) is 8.49. The first-order chi connectivity index (χ1) is 17.2. The Hall–Kier alpha value is -4.00. The van der Waals surface area contributed by atoms with E-state index in [2.05, 4.69) is 38.7 Å². The molecule has 0 saturated carbocycles. The first kappa shape index (κ1) is 21.5. The van der Waals surface area contributed by atoms with E-state index in [4.69, 9.17) is 4.42 Å². The van der Waals surface area contributed by atoms with Gasteiger partial charge in [0.2, 0.25) is 0 Å². The van der Waals surface area contributed by atoms with Crippen LogP contribution in [0.4, 0.5) is 5.69 Å². The molecule has 6 nitrogen and oxygen atoms in total. The first-order valence-corrected chi connectivity index (χ1v) is 11.9. The fourth-order valence-corrected chi connectivity index (χ4v) is 4.64. The zero-order valence-corrected chi connectivity index (χ0v) is 19.3. The molecule has 1 aliphatic heterocycles. The fourth-order valence-electron chi connectivity index (χ4n) is 4.64. The molecule has 1 fully saturated rings. The molecule has 0 unspecified atom stereocenters. The number of anilines is 1. The number of nitrogens with one attached hydrogen (secondary N) is 2. The molecule has 0 spiro atoms. The largest absolute Gasteiger partial charge is 0.456 e. The molecule has 2 aromatic heterocycles. The Labute approximate surface area is 203 Å². The third kappa shape index (κ3) is 4.54. The van der Waals surface area contributed by atoms with Crippen molar-refractivity contribution in [3.8, 4) is 11.3 Å². The average molecular weight is 463 g/mol. The van der Waals surface area contributed by atoms with E-state index in [1.807, 2.05) is 60.7 Å². The molecule has 3 aromatic carbocycles. The van der Waals surface area contributed by atoms with Crippen LogP contribution in [-0.2, 0) is 6.54 Å². The van der Waals surface area contributed by atoms with E-state index in [0.29, 0.717) is 11.4 Å². The van der Waals surface area contributed by atoms with Gasteiger partial charge >= 0.3 is 0 Å². The second-order valence-electron chi connectivity index (χ2n) is 8.90. The lowest BCUT2D eigenvalue weighted by Gasteiger charge is -2.27. The summed E-state index contributed by atoms with van der Waals surface area (Å²) in [6.07, 6.45) is 0. The molecule has 6 rings (SSSR count). The molecule has 0 radical (unpaired) electrons. The van der Waals surface area contributed by atoms with Crippen LogP contribution in [0.3, 0.4) is 0 Å². The van der Waals surface area contributed by atoms with Crippen molar-refractivity contribution in [3.63, 3.8) is 0 Å². The van der Waals surface area contributed by atoms with Crippen LogP contribution in [0.5, 0.6) is 0 Å². The van der Waals surface area contributed by atoms with E-state index in [9.17, 15) is 4.79 Å². The maximum absolute atomic E-state index is 13.0. The van der Waals surface area contributed by atoms with Crippen molar-refractivity contribution in [1.82, 2.24) is 15.2 Å². The second kappa shape index (κ2) is 9.33. The van der Waals surface area contributed by atoms with E-state index in [-0.39, 0.29) is 5.91 Å². The number of benzene rings is 3. The number of furan rings is 1. The quantitative estimate of drug-likeness (QED) is 0.371. The number of carbonyl (C=O) groups is 1. The van der Waals surface area contributed by atoms with Gasteiger partial charge in [-0.3, -0.25) is 9.69 Å². The lowest BCUT2D eigenvalue weighted by Crippen LogP contribution is -2.42. The number of nitrogens with zero attached hydrogens (tertiary/aromatic N) is 2. The summed E-state index contributed by atoms with van der Waals surface area (Å²) < 4.78 is 6.19. The van der Waals surface area contributed by atoms with E-state index >= 15 is 0 Å². The standard InChI is InChI=1S/C29H26N4O2/c34-29(26-11-10-21-5-1-3-7-24(21)31-26)32-25-8-4-2-6-23(25)28-18-22-17-20(9-12-27(22)35-28)19-33-15-13-30-14-16-33/h1-12,17-18,30H,13-16,19H2,(H,32,34). The third-order valence-electron chi connectivity index (χ3n) is 6.47. The molecule has 35 heavy (non-hydrogen) atoms. The lowest BCUT2D eigenvalue weighted by molar-refractivity contribution is 0.102. The van der Waals surface area contributed by atoms with Gasteiger partial charge in [0, 0.05) is 49.1 Å². The fraction of sp³-hybridized carbons (Fsp3) is 0.172. The SMILES string of the molecule is O=C(Nc1ccccc1-c1cc2cc(CN3CCNCC3)ccc2o1)c1ccc2ccccc2n1. The molecule has 6 heteroatoms. The van der Waals surface area contributed by atoms with Crippen molar-refractivity contribution in [1.29, 1.82) is 0 Å². The Balaban J connectivity index is 1.26. The molecule has 1 saturated heterocycles. The minimum Gasteiger partial charge on any atom is -0.456 e. The summed E-state index contributed by atoms with van der Waals surface area (Å²) >= 11 is 0. The Morgan fingerprint density at radius 1 is 0.914 bits per heavy atom. The van der Waals surface area contributed by atoms with Crippen LogP contribution < -0.4 is 10.6 Å². The zero-order chi connectivity index (χ0) is 23.6. The van der Waals surface area contributed by atoms with Crippen LogP contribution >= 0.6 is 0 Å². The van der Waals surface area contributed by atoms with E-state index in [1.54, 1.807) is 6.07 Å². The monoisotopic (exact) mass is 462 g/mol. The number of para-hydroxylation sites is 2. The minimum absolute atomic E-state index is 0.252. The number of hydrogen-bond donors (Lipinski definition) is 2. The Morgan fingerprint density at radius 3 is 2.66 bits per heavy atom. The number of aromatic nitrogens is 1. The Kier molecular flexibility index (Phi) is 5.74. The Morgan fingerprint density at radius 2 is 1.74 bits per heavy atom. The van der Waals surface area contributed by atoms with E-state index in [0.717, 1.165) is 65.9 Å². The lowest BCUT2D eigenvalue weighted by atomic mass is 10.1. The van der Waals surface area contributed by atoms with Gasteiger partial charge in [-0.2, -0.15) is 0 Å². The van der Waals surface area contributed by atoms with Crippen LogP contribution in [-0.4, -0.2) is 42.0 Å². The van der Waals surface area contributed by atoms with E-state index in [1.165, 1.54) is 5.56 Å². The van der Waals surface area contributed by atoms with Gasteiger partial charge in [0.05, 0.1) is 11.2 Å². The molecule has 1 aliphatic rings. The number of amides is 1. The van der Waals surface area contributed by atoms with Crippen LogP contribution in [0.15, 0.2) is 89.3 Å². The van der Waals surface area contributed by atoms with Gasteiger partial charge in [-0.1, -0.05) is 42.5 Å².